The normalized spacial score (nSPS) is 13.7. The first-order valence-electron chi connectivity index (χ1n) is 10.7. The maximum atomic E-state index is 14.8. The van der Waals surface area contributed by atoms with E-state index >= 15 is 0 Å². The number of ether oxygens (including phenoxy) is 1. The van der Waals surface area contributed by atoms with E-state index in [2.05, 4.69) is 40.4 Å². The lowest BCUT2D eigenvalue weighted by Gasteiger charge is -2.36. The first-order chi connectivity index (χ1) is 14.2. The number of hydrogen-bond acceptors (Lipinski definition) is 3. The number of methoxy groups -OCH3 is 1. The highest BCUT2D eigenvalue weighted by Gasteiger charge is 2.37. The molecule has 0 aliphatic rings. The molecule has 1 N–H and O–H groups in total. The van der Waals surface area contributed by atoms with Crippen molar-refractivity contribution in [2.45, 2.75) is 65.5 Å². The van der Waals surface area contributed by atoms with Crippen molar-refractivity contribution in [2.75, 3.05) is 7.11 Å². The predicted octanol–water partition coefficient (Wildman–Crippen LogP) is 7.27. The van der Waals surface area contributed by atoms with Gasteiger partial charge in [-0.2, -0.15) is 0 Å². The van der Waals surface area contributed by atoms with Crippen LogP contribution in [0.3, 0.4) is 0 Å². The summed E-state index contributed by atoms with van der Waals surface area (Å²) in [4.78, 5) is 0. The molecule has 0 saturated carbocycles. The molecule has 5 heteroatoms. The molecule has 0 saturated heterocycles. The van der Waals surface area contributed by atoms with Gasteiger partial charge in [-0.25, -0.2) is 4.39 Å². The number of aliphatic hydroxyl groups excluding tert-OH is 1. The van der Waals surface area contributed by atoms with Crippen molar-refractivity contribution in [1.82, 2.24) is 0 Å². The van der Waals surface area contributed by atoms with E-state index in [0.29, 0.717) is 29.0 Å². The molecule has 2 aromatic carbocycles. The maximum absolute atomic E-state index is 14.8. The van der Waals surface area contributed by atoms with Gasteiger partial charge in [0.25, 0.3) is 0 Å². The molecule has 0 aliphatic carbocycles. The first-order valence-corrected chi connectivity index (χ1v) is 13.6. The summed E-state index contributed by atoms with van der Waals surface area (Å²) >= 11 is 0. The van der Waals surface area contributed by atoms with Crippen molar-refractivity contribution in [1.29, 1.82) is 0 Å². The molecule has 2 rings (SSSR count). The molecule has 0 heterocycles. The van der Waals surface area contributed by atoms with Gasteiger partial charge in [0.15, 0.2) is 8.32 Å². The zero-order chi connectivity index (χ0) is 23.6. The van der Waals surface area contributed by atoms with E-state index in [1.807, 2.05) is 32.0 Å². The van der Waals surface area contributed by atoms with Gasteiger partial charge in [-0.3, -0.25) is 0 Å². The summed E-state index contributed by atoms with van der Waals surface area (Å²) in [5, 5.41) is 11.3. The molecule has 0 radical (unpaired) electrons. The van der Waals surface area contributed by atoms with Crippen LogP contribution in [-0.4, -0.2) is 20.5 Å². The van der Waals surface area contributed by atoms with Gasteiger partial charge >= 0.3 is 0 Å². The Morgan fingerprint density at radius 2 is 1.71 bits per heavy atom. The third-order valence-corrected chi connectivity index (χ3v) is 11.0. The fraction of sp³-hybridized carbons (Fsp3) is 0.462. The number of hydrogen-bond donors (Lipinski definition) is 1. The van der Waals surface area contributed by atoms with Crippen molar-refractivity contribution in [3.63, 3.8) is 0 Å². The van der Waals surface area contributed by atoms with Crippen LogP contribution < -0.4 is 4.74 Å². The van der Waals surface area contributed by atoms with E-state index in [1.54, 1.807) is 25.3 Å². The average Bonchev–Trinajstić information content (AvgIpc) is 2.71. The van der Waals surface area contributed by atoms with Crippen molar-refractivity contribution < 1.29 is 18.7 Å². The second kappa shape index (κ2) is 9.27. The van der Waals surface area contributed by atoms with Crippen molar-refractivity contribution in [3.05, 3.63) is 66.0 Å². The lowest BCUT2D eigenvalue weighted by molar-refractivity contribution is 0.0825. The summed E-state index contributed by atoms with van der Waals surface area (Å²) in [5.41, 5.74) is 2.03. The zero-order valence-corrected chi connectivity index (χ0v) is 21.2. The van der Waals surface area contributed by atoms with E-state index in [1.165, 1.54) is 6.07 Å². The number of aliphatic hydroxyl groups is 1. The fourth-order valence-electron chi connectivity index (χ4n) is 3.00. The van der Waals surface area contributed by atoms with E-state index < -0.39 is 19.8 Å². The van der Waals surface area contributed by atoms with Gasteiger partial charge in [-0.1, -0.05) is 58.9 Å². The third-order valence-electron chi connectivity index (χ3n) is 6.51. The smallest absolute Gasteiger partial charge is 0.192 e. The topological polar surface area (TPSA) is 38.7 Å². The van der Waals surface area contributed by atoms with Crippen molar-refractivity contribution in [2.24, 2.45) is 5.41 Å². The minimum absolute atomic E-state index is 0.101. The molecule has 1 atom stereocenters. The molecule has 0 aliphatic heterocycles. The SMILES string of the molecule is C=CC(C)(C)C(O)c1cc(CO[Si](C)(C)C(C)(C)C)ccc1-c1cc(OC)ccc1F. The Morgan fingerprint density at radius 1 is 1.06 bits per heavy atom. The van der Waals surface area contributed by atoms with Gasteiger partial charge in [0, 0.05) is 11.0 Å². The minimum Gasteiger partial charge on any atom is -0.497 e. The number of halogens is 1. The fourth-order valence-corrected chi connectivity index (χ4v) is 3.96. The summed E-state index contributed by atoms with van der Waals surface area (Å²) in [6.45, 7) is 19.2. The molecule has 0 fully saturated rings. The second-order valence-electron chi connectivity index (χ2n) is 10.2. The summed E-state index contributed by atoms with van der Waals surface area (Å²) in [5.74, 6) is 0.195. The molecular formula is C26H37FO3Si. The largest absolute Gasteiger partial charge is 0.497 e. The predicted molar refractivity (Wildman–Crippen MR) is 129 cm³/mol. The Bertz CT molecular complexity index is 929. The molecule has 0 aromatic heterocycles. The number of benzene rings is 2. The molecule has 0 bridgehead atoms. The van der Waals surface area contributed by atoms with E-state index in [4.69, 9.17) is 9.16 Å². The van der Waals surface area contributed by atoms with Crippen LogP contribution in [0.5, 0.6) is 5.75 Å². The van der Waals surface area contributed by atoms with Gasteiger partial charge in [0.2, 0.25) is 0 Å². The van der Waals surface area contributed by atoms with Crippen LogP contribution in [0.1, 0.15) is 51.8 Å². The third kappa shape index (κ3) is 5.65. The van der Waals surface area contributed by atoms with Crippen LogP contribution in [-0.2, 0) is 11.0 Å². The summed E-state index contributed by atoms with van der Waals surface area (Å²) in [6.07, 6.45) is 0.862. The van der Waals surface area contributed by atoms with Crippen LogP contribution in [0, 0.1) is 11.2 Å². The number of rotatable bonds is 8. The Morgan fingerprint density at radius 3 is 2.26 bits per heavy atom. The Kier molecular flexibility index (Phi) is 7.57. The highest BCUT2D eigenvalue weighted by Crippen LogP contribution is 2.42. The highest BCUT2D eigenvalue weighted by atomic mass is 28.4. The first kappa shape index (κ1) is 25.3. The maximum Gasteiger partial charge on any atom is 0.192 e. The lowest BCUT2D eigenvalue weighted by Crippen LogP contribution is -2.40. The average molecular weight is 445 g/mol. The van der Waals surface area contributed by atoms with Gasteiger partial charge in [0.05, 0.1) is 19.8 Å². The van der Waals surface area contributed by atoms with Crippen LogP contribution in [0.4, 0.5) is 4.39 Å². The molecule has 2 aromatic rings. The molecule has 1 unspecified atom stereocenters. The van der Waals surface area contributed by atoms with Crippen molar-refractivity contribution >= 4 is 8.32 Å². The standard InChI is InChI=1S/C26H37FO3Si/c1-10-26(5,6)24(28)22-15-18(17-30-31(8,9)25(2,3)4)11-13-20(22)21-16-19(29-7)12-14-23(21)27/h10-16,24,28H,1,17H2,2-9H3. The van der Waals surface area contributed by atoms with Gasteiger partial charge in [-0.05, 0) is 53.0 Å². The molecule has 31 heavy (non-hydrogen) atoms. The quantitative estimate of drug-likeness (QED) is 0.344. The summed E-state index contributed by atoms with van der Waals surface area (Å²) in [6, 6.07) is 10.4. The molecule has 170 valence electrons. The highest BCUT2D eigenvalue weighted by molar-refractivity contribution is 6.74. The van der Waals surface area contributed by atoms with Crippen LogP contribution in [0.2, 0.25) is 18.1 Å². The van der Waals surface area contributed by atoms with Gasteiger partial charge in [0.1, 0.15) is 11.6 Å². The monoisotopic (exact) mass is 444 g/mol. The molecule has 0 spiro atoms. The molecule has 3 nitrogen and oxygen atoms in total. The van der Waals surface area contributed by atoms with E-state index in [0.717, 1.165) is 5.56 Å². The summed E-state index contributed by atoms with van der Waals surface area (Å²) < 4.78 is 26.4. The molecular weight excluding hydrogens is 407 g/mol. The van der Waals surface area contributed by atoms with Crippen LogP contribution >= 0.6 is 0 Å². The van der Waals surface area contributed by atoms with Gasteiger partial charge in [-0.15, -0.1) is 6.58 Å². The second-order valence-corrected chi connectivity index (χ2v) is 15.1. The lowest BCUT2D eigenvalue weighted by atomic mass is 9.79. The van der Waals surface area contributed by atoms with E-state index in [-0.39, 0.29) is 10.9 Å². The zero-order valence-electron chi connectivity index (χ0n) is 20.2. The van der Waals surface area contributed by atoms with Crippen molar-refractivity contribution in [3.8, 4) is 16.9 Å². The Balaban J connectivity index is 2.56. The van der Waals surface area contributed by atoms with Crippen LogP contribution in [0.15, 0.2) is 49.1 Å². The summed E-state index contributed by atoms with van der Waals surface area (Å²) in [7, 11) is -0.379. The Labute approximate surface area is 188 Å². The Hall–Kier alpha value is -1.95. The van der Waals surface area contributed by atoms with Crippen LogP contribution in [0.25, 0.3) is 11.1 Å². The van der Waals surface area contributed by atoms with Gasteiger partial charge < -0.3 is 14.3 Å². The molecule has 0 amide bonds. The van der Waals surface area contributed by atoms with E-state index in [9.17, 15) is 9.50 Å². The minimum atomic E-state index is -1.93.